The third-order valence-corrected chi connectivity index (χ3v) is 3.77. The van der Waals surface area contributed by atoms with Gasteiger partial charge in [-0.3, -0.25) is 4.90 Å². The summed E-state index contributed by atoms with van der Waals surface area (Å²) in [5.74, 6) is 0. The standard InChI is InChI=1S/C14H14ClN3/c1-10-13-12(16-9-17-14(13)15)8-18(10)7-11-5-3-2-4-6-11/h2-6,9-10H,7-8H2,1H3. The molecule has 92 valence electrons. The summed E-state index contributed by atoms with van der Waals surface area (Å²) in [6, 6.07) is 10.7. The molecule has 0 saturated carbocycles. The molecule has 0 spiro atoms. The average Bonchev–Trinajstić information content (AvgIpc) is 2.69. The van der Waals surface area contributed by atoms with Crippen LogP contribution in [0, 0.1) is 0 Å². The number of benzene rings is 1. The van der Waals surface area contributed by atoms with E-state index in [-0.39, 0.29) is 6.04 Å². The highest BCUT2D eigenvalue weighted by Gasteiger charge is 2.30. The molecule has 1 aromatic heterocycles. The fraction of sp³-hybridized carbons (Fsp3) is 0.286. The molecular weight excluding hydrogens is 246 g/mol. The van der Waals surface area contributed by atoms with Gasteiger partial charge in [0, 0.05) is 24.7 Å². The highest BCUT2D eigenvalue weighted by Crippen LogP contribution is 2.36. The summed E-state index contributed by atoms with van der Waals surface area (Å²) < 4.78 is 0. The van der Waals surface area contributed by atoms with Gasteiger partial charge in [-0.05, 0) is 12.5 Å². The highest BCUT2D eigenvalue weighted by molar-refractivity contribution is 6.30. The molecule has 1 aliphatic rings. The van der Waals surface area contributed by atoms with Gasteiger partial charge in [-0.2, -0.15) is 0 Å². The van der Waals surface area contributed by atoms with Crippen LogP contribution in [0.15, 0.2) is 36.7 Å². The number of hydrogen-bond donors (Lipinski definition) is 0. The SMILES string of the molecule is CC1c2c(Cl)ncnc2CN1Cc1ccccc1. The van der Waals surface area contributed by atoms with Gasteiger partial charge in [-0.1, -0.05) is 41.9 Å². The first kappa shape index (κ1) is 11.6. The summed E-state index contributed by atoms with van der Waals surface area (Å²) in [5.41, 5.74) is 3.44. The Labute approximate surface area is 111 Å². The summed E-state index contributed by atoms with van der Waals surface area (Å²) in [6.07, 6.45) is 1.54. The highest BCUT2D eigenvalue weighted by atomic mass is 35.5. The maximum Gasteiger partial charge on any atom is 0.137 e. The Hall–Kier alpha value is -1.45. The van der Waals surface area contributed by atoms with Crippen LogP contribution >= 0.6 is 11.6 Å². The molecule has 2 heterocycles. The van der Waals surface area contributed by atoms with Crippen molar-refractivity contribution in [1.29, 1.82) is 0 Å². The molecule has 1 unspecified atom stereocenters. The second-order valence-electron chi connectivity index (χ2n) is 4.59. The minimum atomic E-state index is 0.272. The number of rotatable bonds is 2. The summed E-state index contributed by atoms with van der Waals surface area (Å²) in [6.45, 7) is 3.91. The van der Waals surface area contributed by atoms with Gasteiger partial charge in [0.25, 0.3) is 0 Å². The lowest BCUT2D eigenvalue weighted by Gasteiger charge is -2.21. The van der Waals surface area contributed by atoms with Crippen molar-refractivity contribution in [3.05, 3.63) is 58.6 Å². The Balaban J connectivity index is 1.85. The Morgan fingerprint density at radius 1 is 1.28 bits per heavy atom. The molecule has 1 aliphatic heterocycles. The molecule has 0 radical (unpaired) electrons. The van der Waals surface area contributed by atoms with Crippen LogP contribution in [-0.2, 0) is 13.1 Å². The van der Waals surface area contributed by atoms with E-state index >= 15 is 0 Å². The lowest BCUT2D eigenvalue weighted by Crippen LogP contribution is -2.19. The first-order valence-corrected chi connectivity index (χ1v) is 6.41. The van der Waals surface area contributed by atoms with E-state index in [9.17, 15) is 0 Å². The lowest BCUT2D eigenvalue weighted by atomic mass is 10.1. The second-order valence-corrected chi connectivity index (χ2v) is 4.95. The van der Waals surface area contributed by atoms with Crippen LogP contribution < -0.4 is 0 Å². The monoisotopic (exact) mass is 259 g/mol. The normalized spacial score (nSPS) is 18.9. The summed E-state index contributed by atoms with van der Waals surface area (Å²) in [4.78, 5) is 10.8. The van der Waals surface area contributed by atoms with Crippen LogP contribution in [0.4, 0.5) is 0 Å². The van der Waals surface area contributed by atoms with E-state index in [1.54, 1.807) is 6.33 Å². The first-order chi connectivity index (χ1) is 8.75. The number of hydrogen-bond acceptors (Lipinski definition) is 3. The fourth-order valence-corrected chi connectivity index (χ4v) is 2.78. The summed E-state index contributed by atoms with van der Waals surface area (Å²) in [5, 5.41) is 0.586. The molecule has 2 aromatic rings. The smallest absolute Gasteiger partial charge is 0.137 e. The lowest BCUT2D eigenvalue weighted by molar-refractivity contribution is 0.219. The van der Waals surface area contributed by atoms with Crippen molar-refractivity contribution in [2.45, 2.75) is 26.1 Å². The van der Waals surface area contributed by atoms with Crippen LogP contribution in [0.1, 0.15) is 29.8 Å². The molecular formula is C14H14ClN3. The maximum absolute atomic E-state index is 6.16. The van der Waals surface area contributed by atoms with Gasteiger partial charge in [-0.25, -0.2) is 9.97 Å². The summed E-state index contributed by atoms with van der Waals surface area (Å²) in [7, 11) is 0. The van der Waals surface area contributed by atoms with Crippen molar-refractivity contribution >= 4 is 11.6 Å². The number of halogens is 1. The molecule has 0 saturated heterocycles. The minimum absolute atomic E-state index is 0.272. The van der Waals surface area contributed by atoms with Gasteiger partial charge < -0.3 is 0 Å². The molecule has 1 atom stereocenters. The molecule has 0 aliphatic carbocycles. The molecule has 0 N–H and O–H groups in total. The third-order valence-electron chi connectivity index (χ3n) is 3.46. The van der Waals surface area contributed by atoms with Gasteiger partial charge in [0.15, 0.2) is 0 Å². The molecule has 3 nitrogen and oxygen atoms in total. The predicted molar refractivity (Wildman–Crippen MR) is 71.1 cm³/mol. The van der Waals surface area contributed by atoms with Gasteiger partial charge >= 0.3 is 0 Å². The number of nitrogens with zero attached hydrogens (tertiary/aromatic N) is 3. The maximum atomic E-state index is 6.16. The average molecular weight is 260 g/mol. The van der Waals surface area contributed by atoms with Crippen LogP contribution in [0.5, 0.6) is 0 Å². The van der Waals surface area contributed by atoms with E-state index < -0.39 is 0 Å². The van der Waals surface area contributed by atoms with Crippen LogP contribution in [-0.4, -0.2) is 14.9 Å². The number of aromatic nitrogens is 2. The van der Waals surface area contributed by atoms with E-state index in [0.717, 1.165) is 24.3 Å². The van der Waals surface area contributed by atoms with Crippen molar-refractivity contribution in [2.24, 2.45) is 0 Å². The zero-order valence-electron chi connectivity index (χ0n) is 10.2. The summed E-state index contributed by atoms with van der Waals surface area (Å²) >= 11 is 6.16. The minimum Gasteiger partial charge on any atom is -0.286 e. The fourth-order valence-electron chi connectivity index (χ4n) is 2.47. The van der Waals surface area contributed by atoms with Crippen LogP contribution in [0.2, 0.25) is 5.15 Å². The van der Waals surface area contributed by atoms with Crippen molar-refractivity contribution < 1.29 is 0 Å². The third kappa shape index (κ3) is 2.00. The molecule has 0 amide bonds. The topological polar surface area (TPSA) is 29.0 Å². The Kier molecular flexibility index (Phi) is 3.02. The largest absolute Gasteiger partial charge is 0.286 e. The Morgan fingerprint density at radius 3 is 2.78 bits per heavy atom. The molecule has 18 heavy (non-hydrogen) atoms. The van der Waals surface area contributed by atoms with E-state index in [2.05, 4.69) is 46.1 Å². The first-order valence-electron chi connectivity index (χ1n) is 6.03. The van der Waals surface area contributed by atoms with Crippen molar-refractivity contribution in [3.8, 4) is 0 Å². The molecule has 4 heteroatoms. The zero-order chi connectivity index (χ0) is 12.5. The molecule has 0 fully saturated rings. The van der Waals surface area contributed by atoms with Crippen molar-refractivity contribution in [1.82, 2.24) is 14.9 Å². The van der Waals surface area contributed by atoms with Crippen LogP contribution in [0.3, 0.4) is 0 Å². The Bertz CT molecular complexity index is 556. The van der Waals surface area contributed by atoms with E-state index in [0.29, 0.717) is 5.15 Å². The second kappa shape index (κ2) is 4.67. The van der Waals surface area contributed by atoms with Gasteiger partial charge in [0.2, 0.25) is 0 Å². The van der Waals surface area contributed by atoms with E-state index in [1.165, 1.54) is 5.56 Å². The molecule has 1 aromatic carbocycles. The molecule has 0 bridgehead atoms. The molecule has 3 rings (SSSR count). The van der Waals surface area contributed by atoms with E-state index in [1.807, 2.05) is 6.07 Å². The van der Waals surface area contributed by atoms with Gasteiger partial charge in [0.05, 0.1) is 5.69 Å². The zero-order valence-corrected chi connectivity index (χ0v) is 10.9. The quantitative estimate of drug-likeness (QED) is 0.776. The Morgan fingerprint density at radius 2 is 2.06 bits per heavy atom. The van der Waals surface area contributed by atoms with E-state index in [4.69, 9.17) is 11.6 Å². The van der Waals surface area contributed by atoms with Crippen molar-refractivity contribution in [3.63, 3.8) is 0 Å². The van der Waals surface area contributed by atoms with Crippen LogP contribution in [0.25, 0.3) is 0 Å². The van der Waals surface area contributed by atoms with Crippen molar-refractivity contribution in [2.75, 3.05) is 0 Å². The number of fused-ring (bicyclic) bond motifs is 1. The predicted octanol–water partition coefficient (Wildman–Crippen LogP) is 3.21. The van der Waals surface area contributed by atoms with Gasteiger partial charge in [-0.15, -0.1) is 0 Å². The van der Waals surface area contributed by atoms with Gasteiger partial charge in [0.1, 0.15) is 11.5 Å².